The lowest BCUT2D eigenvalue weighted by Gasteiger charge is -2.03. The van der Waals surface area contributed by atoms with E-state index in [4.69, 9.17) is 5.26 Å². The van der Waals surface area contributed by atoms with E-state index in [2.05, 4.69) is 11.1 Å². The quantitative estimate of drug-likeness (QED) is 0.720. The molecule has 0 saturated heterocycles. The van der Waals surface area contributed by atoms with Crippen LogP contribution in [0.1, 0.15) is 6.92 Å². The summed E-state index contributed by atoms with van der Waals surface area (Å²) in [6.07, 6.45) is 0. The Kier molecular flexibility index (Phi) is 2.89. The first-order valence-electron chi connectivity index (χ1n) is 4.71. The van der Waals surface area contributed by atoms with Crippen LogP contribution in [0.15, 0.2) is 41.4 Å². The van der Waals surface area contributed by atoms with Crippen molar-refractivity contribution in [3.05, 3.63) is 36.4 Å². The average molecular weight is 214 g/mol. The fourth-order valence-electron chi connectivity index (χ4n) is 1.32. The largest absolute Gasteiger partial charge is 0.241 e. The molecule has 0 radical (unpaired) electrons. The van der Waals surface area contributed by atoms with Crippen molar-refractivity contribution in [2.24, 2.45) is 0 Å². The Morgan fingerprint density at radius 3 is 2.87 bits per heavy atom. The Bertz CT molecular complexity index is 516. The third-order valence-corrected chi connectivity index (χ3v) is 2.98. The number of benzene rings is 1. The molecule has 0 fully saturated rings. The number of hydrogen-bond donors (Lipinski definition) is 0. The standard InChI is InChI=1S/C12H10N2S/c1-9(8-13)15-12-7-6-10-4-2-3-5-11(10)14-12/h2-7,9H,1H3/t9-/m1/s1. The molecule has 0 N–H and O–H groups in total. The van der Waals surface area contributed by atoms with Gasteiger partial charge in [0.2, 0.25) is 0 Å². The summed E-state index contributed by atoms with van der Waals surface area (Å²) in [5.41, 5.74) is 0.979. The van der Waals surface area contributed by atoms with Crippen molar-refractivity contribution < 1.29 is 0 Å². The lowest BCUT2D eigenvalue weighted by molar-refractivity contribution is 1.16. The molecule has 2 rings (SSSR count). The molecule has 1 aromatic carbocycles. The van der Waals surface area contributed by atoms with Crippen LogP contribution >= 0.6 is 11.8 Å². The number of fused-ring (bicyclic) bond motifs is 1. The van der Waals surface area contributed by atoms with Gasteiger partial charge in [-0.3, -0.25) is 0 Å². The van der Waals surface area contributed by atoms with Gasteiger partial charge in [0.15, 0.2) is 0 Å². The minimum Gasteiger partial charge on any atom is -0.241 e. The molecule has 3 heteroatoms. The van der Waals surface area contributed by atoms with Crippen molar-refractivity contribution in [3.8, 4) is 6.07 Å². The van der Waals surface area contributed by atoms with Crippen LogP contribution in [0, 0.1) is 11.3 Å². The Balaban J connectivity index is 2.35. The highest BCUT2D eigenvalue weighted by molar-refractivity contribution is 8.00. The van der Waals surface area contributed by atoms with Gasteiger partial charge in [0.05, 0.1) is 21.9 Å². The van der Waals surface area contributed by atoms with Gasteiger partial charge < -0.3 is 0 Å². The van der Waals surface area contributed by atoms with Crippen LogP contribution in [0.3, 0.4) is 0 Å². The van der Waals surface area contributed by atoms with Crippen molar-refractivity contribution in [2.45, 2.75) is 17.2 Å². The minimum atomic E-state index is -0.0568. The van der Waals surface area contributed by atoms with Crippen molar-refractivity contribution in [1.82, 2.24) is 4.98 Å². The summed E-state index contributed by atoms with van der Waals surface area (Å²) in [4.78, 5) is 4.47. The summed E-state index contributed by atoms with van der Waals surface area (Å²) < 4.78 is 0. The fraction of sp³-hybridized carbons (Fsp3) is 0.167. The van der Waals surface area contributed by atoms with Crippen LogP contribution in [-0.2, 0) is 0 Å². The van der Waals surface area contributed by atoms with Gasteiger partial charge in [-0.25, -0.2) is 4.98 Å². The number of pyridine rings is 1. The number of nitriles is 1. The number of rotatable bonds is 2. The molecule has 0 unspecified atom stereocenters. The van der Waals surface area contributed by atoms with E-state index in [0.29, 0.717) is 0 Å². The highest BCUT2D eigenvalue weighted by Gasteiger charge is 2.04. The first kappa shape index (κ1) is 10.0. The molecule has 15 heavy (non-hydrogen) atoms. The molecule has 0 aliphatic carbocycles. The van der Waals surface area contributed by atoms with Crippen LogP contribution in [0.25, 0.3) is 10.9 Å². The first-order valence-corrected chi connectivity index (χ1v) is 5.59. The number of para-hydroxylation sites is 1. The van der Waals surface area contributed by atoms with E-state index in [1.54, 1.807) is 0 Å². The maximum absolute atomic E-state index is 8.71. The van der Waals surface area contributed by atoms with Gasteiger partial charge in [0.25, 0.3) is 0 Å². The van der Waals surface area contributed by atoms with Crippen molar-refractivity contribution in [3.63, 3.8) is 0 Å². The molecule has 1 aromatic heterocycles. The zero-order valence-electron chi connectivity index (χ0n) is 8.34. The highest BCUT2D eigenvalue weighted by Crippen LogP contribution is 2.23. The molecule has 2 nitrogen and oxygen atoms in total. The van der Waals surface area contributed by atoms with E-state index in [1.165, 1.54) is 11.8 Å². The van der Waals surface area contributed by atoms with Gasteiger partial charge >= 0.3 is 0 Å². The molecule has 2 aromatic rings. The molecule has 0 aliphatic heterocycles. The Labute approximate surface area is 92.9 Å². The SMILES string of the molecule is C[C@H](C#N)Sc1ccc2ccccc2n1. The molecular weight excluding hydrogens is 204 g/mol. The Hall–Kier alpha value is -1.53. The first-order chi connectivity index (χ1) is 7.29. The smallest absolute Gasteiger partial charge is 0.0980 e. The molecule has 0 amide bonds. The van der Waals surface area contributed by atoms with Gasteiger partial charge in [0.1, 0.15) is 0 Å². The number of nitrogens with zero attached hydrogens (tertiary/aromatic N) is 2. The zero-order valence-corrected chi connectivity index (χ0v) is 9.16. The fourth-order valence-corrected chi connectivity index (χ4v) is 2.03. The summed E-state index contributed by atoms with van der Waals surface area (Å²) in [6, 6.07) is 14.2. The lowest BCUT2D eigenvalue weighted by atomic mass is 10.2. The number of thioether (sulfide) groups is 1. The second-order valence-corrected chi connectivity index (χ2v) is 4.59. The molecule has 1 atom stereocenters. The van der Waals surface area contributed by atoms with Crippen LogP contribution in [0.4, 0.5) is 0 Å². The monoisotopic (exact) mass is 214 g/mol. The molecule has 0 bridgehead atoms. The van der Waals surface area contributed by atoms with Gasteiger partial charge in [-0.2, -0.15) is 5.26 Å². The lowest BCUT2D eigenvalue weighted by Crippen LogP contribution is -1.91. The van der Waals surface area contributed by atoms with E-state index in [9.17, 15) is 0 Å². The van der Waals surface area contributed by atoms with Gasteiger partial charge in [-0.1, -0.05) is 36.0 Å². The van der Waals surface area contributed by atoms with Gasteiger partial charge in [-0.05, 0) is 19.1 Å². The summed E-state index contributed by atoms with van der Waals surface area (Å²) in [5.74, 6) is 0. The van der Waals surface area contributed by atoms with Gasteiger partial charge in [-0.15, -0.1) is 0 Å². The van der Waals surface area contributed by atoms with Crippen LogP contribution in [0.2, 0.25) is 0 Å². The summed E-state index contributed by atoms with van der Waals surface area (Å²) in [5, 5.41) is 10.7. The normalized spacial score (nSPS) is 12.3. The van der Waals surface area contributed by atoms with Crippen molar-refractivity contribution >= 4 is 22.7 Å². The highest BCUT2D eigenvalue weighted by atomic mass is 32.2. The molecule has 0 saturated carbocycles. The van der Waals surface area contributed by atoms with Crippen molar-refractivity contribution in [1.29, 1.82) is 5.26 Å². The molecule has 0 aliphatic rings. The minimum absolute atomic E-state index is 0.0568. The maximum Gasteiger partial charge on any atom is 0.0980 e. The molecular formula is C12H10N2S. The molecule has 0 spiro atoms. The third kappa shape index (κ3) is 2.28. The van der Waals surface area contributed by atoms with Crippen molar-refractivity contribution in [2.75, 3.05) is 0 Å². The number of aromatic nitrogens is 1. The average Bonchev–Trinajstić information content (AvgIpc) is 2.29. The van der Waals surface area contributed by atoms with Gasteiger partial charge in [0, 0.05) is 5.39 Å². The van der Waals surface area contributed by atoms with E-state index in [-0.39, 0.29) is 5.25 Å². The molecule has 1 heterocycles. The van der Waals surface area contributed by atoms with Crippen LogP contribution < -0.4 is 0 Å². The summed E-state index contributed by atoms with van der Waals surface area (Å²) in [6.45, 7) is 1.88. The second-order valence-electron chi connectivity index (χ2n) is 3.23. The predicted molar refractivity (Wildman–Crippen MR) is 62.7 cm³/mol. The third-order valence-electron chi connectivity index (χ3n) is 2.05. The second kappa shape index (κ2) is 4.33. The summed E-state index contributed by atoms with van der Waals surface area (Å²) >= 11 is 1.49. The number of hydrogen-bond acceptors (Lipinski definition) is 3. The van der Waals surface area contributed by atoms with E-state index in [0.717, 1.165) is 15.9 Å². The predicted octanol–water partition coefficient (Wildman–Crippen LogP) is 3.24. The molecule has 74 valence electrons. The maximum atomic E-state index is 8.71. The zero-order chi connectivity index (χ0) is 10.7. The topological polar surface area (TPSA) is 36.7 Å². The Morgan fingerprint density at radius 1 is 1.27 bits per heavy atom. The Morgan fingerprint density at radius 2 is 2.07 bits per heavy atom. The van der Waals surface area contributed by atoms with Crippen LogP contribution in [0.5, 0.6) is 0 Å². The van der Waals surface area contributed by atoms with E-state index >= 15 is 0 Å². The van der Waals surface area contributed by atoms with E-state index in [1.807, 2.05) is 43.3 Å². The van der Waals surface area contributed by atoms with E-state index < -0.39 is 0 Å². The van der Waals surface area contributed by atoms with Crippen LogP contribution in [-0.4, -0.2) is 10.2 Å². The summed E-state index contributed by atoms with van der Waals surface area (Å²) in [7, 11) is 0.